The van der Waals surface area contributed by atoms with Crippen LogP contribution >= 0.6 is 23.4 Å². The minimum Gasteiger partial charge on any atom is -0.478 e. The maximum absolute atomic E-state index is 11.4. The number of nitrogens with zero attached hydrogens (tertiary/aromatic N) is 2. The molecule has 0 fully saturated rings. The number of fused-ring (bicyclic) bond motifs is 1. The summed E-state index contributed by atoms with van der Waals surface area (Å²) in [5, 5.41) is 11.1. The first-order chi connectivity index (χ1) is 15.3. The molecule has 0 saturated carbocycles. The number of carboxylic acid groups (broad SMARTS) is 1. The summed E-state index contributed by atoms with van der Waals surface area (Å²) in [6.45, 7) is 9.18. The van der Waals surface area contributed by atoms with Gasteiger partial charge in [0.05, 0.1) is 23.3 Å². The molecule has 0 aliphatic heterocycles. The van der Waals surface area contributed by atoms with E-state index >= 15 is 0 Å². The van der Waals surface area contributed by atoms with Gasteiger partial charge in [-0.05, 0) is 74.2 Å². The number of rotatable bonds is 6. The van der Waals surface area contributed by atoms with Crippen LogP contribution in [-0.2, 0) is 13.0 Å². The quantitative estimate of drug-likeness (QED) is 0.331. The smallest absolute Gasteiger partial charge is 0.335 e. The van der Waals surface area contributed by atoms with Gasteiger partial charge in [-0.25, -0.2) is 4.79 Å². The monoisotopic (exact) mass is 464 g/mol. The van der Waals surface area contributed by atoms with Crippen LogP contribution in [0.3, 0.4) is 0 Å². The van der Waals surface area contributed by atoms with Gasteiger partial charge in [-0.15, -0.1) is 0 Å². The molecule has 0 radical (unpaired) electrons. The summed E-state index contributed by atoms with van der Waals surface area (Å²) in [6, 6.07) is 13.0. The van der Waals surface area contributed by atoms with E-state index in [-0.39, 0.29) is 5.56 Å². The molecule has 164 valence electrons. The second-order valence-electron chi connectivity index (χ2n) is 7.94. The highest BCUT2D eigenvalue weighted by Gasteiger charge is 2.18. The van der Waals surface area contributed by atoms with Gasteiger partial charge in [0.15, 0.2) is 0 Å². The highest BCUT2D eigenvalue weighted by atomic mass is 35.5. The molecule has 4 rings (SSSR count). The molecule has 0 unspecified atom stereocenters. The van der Waals surface area contributed by atoms with Crippen LogP contribution in [0.25, 0.3) is 10.9 Å². The van der Waals surface area contributed by atoms with Crippen molar-refractivity contribution in [2.75, 3.05) is 0 Å². The molecule has 0 spiro atoms. The molecule has 32 heavy (non-hydrogen) atoms. The van der Waals surface area contributed by atoms with Crippen molar-refractivity contribution in [2.45, 2.75) is 50.5 Å². The molecule has 0 saturated heterocycles. The molecule has 0 aliphatic carbocycles. The maximum Gasteiger partial charge on any atom is 0.335 e. The molecule has 0 amide bonds. The fourth-order valence-electron chi connectivity index (χ4n) is 4.23. The van der Waals surface area contributed by atoms with Crippen molar-refractivity contribution in [1.29, 1.82) is 0 Å². The number of hydrogen-bond acceptors (Lipinski definition) is 3. The first-order valence-corrected chi connectivity index (χ1v) is 11.7. The molecule has 1 N–H and O–H groups in total. The summed E-state index contributed by atoms with van der Waals surface area (Å²) < 4.78 is 2.26. The van der Waals surface area contributed by atoms with E-state index < -0.39 is 5.97 Å². The zero-order valence-electron chi connectivity index (χ0n) is 18.6. The normalized spacial score (nSPS) is 11.3. The van der Waals surface area contributed by atoms with Gasteiger partial charge < -0.3 is 9.67 Å². The number of carboxylic acids is 1. The fraction of sp³-hybridized carbons (Fsp3) is 0.231. The van der Waals surface area contributed by atoms with E-state index in [4.69, 9.17) is 16.6 Å². The van der Waals surface area contributed by atoms with Crippen LogP contribution in [0.5, 0.6) is 0 Å². The Morgan fingerprint density at radius 1 is 1.16 bits per heavy atom. The number of benzene rings is 2. The molecule has 2 aromatic heterocycles. The van der Waals surface area contributed by atoms with Gasteiger partial charge in [0.1, 0.15) is 0 Å². The fourth-order valence-corrected chi connectivity index (χ4v) is 5.51. The van der Waals surface area contributed by atoms with E-state index in [2.05, 4.69) is 32.3 Å². The Kier molecular flexibility index (Phi) is 6.31. The lowest BCUT2D eigenvalue weighted by Gasteiger charge is -2.15. The SMILES string of the molecule is CCc1c(C)cnc(Cn2c(C)c(Sc3cccc(C(=O)O)c3)c3ccc(Cl)cc32)c1C. The predicted molar refractivity (Wildman–Crippen MR) is 131 cm³/mol. The van der Waals surface area contributed by atoms with Crippen molar-refractivity contribution in [2.24, 2.45) is 0 Å². The largest absolute Gasteiger partial charge is 0.478 e. The van der Waals surface area contributed by atoms with E-state index in [1.54, 1.807) is 30.0 Å². The zero-order valence-corrected chi connectivity index (χ0v) is 20.1. The minimum absolute atomic E-state index is 0.283. The zero-order chi connectivity index (χ0) is 23.0. The van der Waals surface area contributed by atoms with E-state index in [0.29, 0.717) is 11.6 Å². The number of aryl methyl sites for hydroxylation is 1. The molecule has 2 aromatic carbocycles. The third kappa shape index (κ3) is 4.15. The Labute approximate surface area is 197 Å². The van der Waals surface area contributed by atoms with E-state index in [1.807, 2.05) is 30.5 Å². The molecule has 2 heterocycles. The van der Waals surface area contributed by atoms with Crippen molar-refractivity contribution in [3.63, 3.8) is 0 Å². The average molecular weight is 465 g/mol. The van der Waals surface area contributed by atoms with Gasteiger partial charge in [-0.2, -0.15) is 0 Å². The lowest BCUT2D eigenvalue weighted by Crippen LogP contribution is -2.08. The summed E-state index contributed by atoms with van der Waals surface area (Å²) in [6.07, 6.45) is 2.94. The number of aromatic nitrogens is 2. The number of carbonyl (C=O) groups is 1. The van der Waals surface area contributed by atoms with Crippen molar-refractivity contribution in [1.82, 2.24) is 9.55 Å². The van der Waals surface area contributed by atoms with E-state index in [1.165, 1.54) is 16.7 Å². The highest BCUT2D eigenvalue weighted by molar-refractivity contribution is 7.99. The molecule has 0 aliphatic rings. The average Bonchev–Trinajstić information content (AvgIpc) is 3.01. The van der Waals surface area contributed by atoms with Crippen molar-refractivity contribution in [3.05, 3.63) is 87.3 Å². The van der Waals surface area contributed by atoms with Gasteiger partial charge >= 0.3 is 5.97 Å². The molecule has 4 aromatic rings. The van der Waals surface area contributed by atoms with Crippen LogP contribution in [0.2, 0.25) is 5.02 Å². The van der Waals surface area contributed by atoms with Crippen LogP contribution in [0, 0.1) is 20.8 Å². The Morgan fingerprint density at radius 2 is 1.94 bits per heavy atom. The van der Waals surface area contributed by atoms with Crippen molar-refractivity contribution in [3.8, 4) is 0 Å². The Morgan fingerprint density at radius 3 is 2.66 bits per heavy atom. The third-order valence-electron chi connectivity index (χ3n) is 5.97. The summed E-state index contributed by atoms with van der Waals surface area (Å²) in [5.41, 5.74) is 7.30. The van der Waals surface area contributed by atoms with Crippen LogP contribution in [0.15, 0.2) is 58.5 Å². The molecule has 0 bridgehead atoms. The summed E-state index contributed by atoms with van der Waals surface area (Å²) in [7, 11) is 0. The molecule has 0 atom stereocenters. The van der Waals surface area contributed by atoms with Gasteiger partial charge in [-0.1, -0.05) is 42.4 Å². The predicted octanol–water partition coefficient (Wildman–Crippen LogP) is 7.08. The second kappa shape index (κ2) is 9.00. The number of aromatic carboxylic acids is 1. The summed E-state index contributed by atoms with van der Waals surface area (Å²) >= 11 is 7.95. The van der Waals surface area contributed by atoms with Gasteiger partial charge in [0.25, 0.3) is 0 Å². The molecule has 4 nitrogen and oxygen atoms in total. The highest BCUT2D eigenvalue weighted by Crippen LogP contribution is 2.39. The van der Waals surface area contributed by atoms with Gasteiger partial charge in [0.2, 0.25) is 0 Å². The Bertz CT molecular complexity index is 1340. The molecule has 6 heteroatoms. The lowest BCUT2D eigenvalue weighted by atomic mass is 10.0. The lowest BCUT2D eigenvalue weighted by molar-refractivity contribution is 0.0696. The summed E-state index contributed by atoms with van der Waals surface area (Å²) in [4.78, 5) is 18.1. The van der Waals surface area contributed by atoms with E-state index in [0.717, 1.165) is 38.5 Å². The number of pyridine rings is 1. The molecular weight excluding hydrogens is 440 g/mol. The van der Waals surface area contributed by atoms with Crippen LogP contribution in [0.4, 0.5) is 0 Å². The summed E-state index contributed by atoms with van der Waals surface area (Å²) in [5.74, 6) is -0.925. The van der Waals surface area contributed by atoms with Crippen molar-refractivity contribution < 1.29 is 9.90 Å². The second-order valence-corrected chi connectivity index (χ2v) is 9.46. The van der Waals surface area contributed by atoms with Crippen LogP contribution in [0.1, 0.15) is 45.4 Å². The standard InChI is InChI=1S/C26H25ClN2O2S/c1-5-21-15(2)13-28-23(16(21)3)14-29-17(4)25(22-10-9-19(27)12-24(22)29)32-20-8-6-7-18(11-20)26(30)31/h6-13H,5,14H2,1-4H3,(H,30,31). The topological polar surface area (TPSA) is 55.1 Å². The minimum atomic E-state index is -0.925. The Hall–Kier alpha value is -2.76. The third-order valence-corrected chi connectivity index (χ3v) is 7.41. The van der Waals surface area contributed by atoms with E-state index in [9.17, 15) is 9.90 Å². The molecular formula is C26H25ClN2O2S. The van der Waals surface area contributed by atoms with Crippen molar-refractivity contribution >= 4 is 40.2 Å². The Balaban J connectivity index is 1.83. The number of halogens is 1. The van der Waals surface area contributed by atoms with Crippen LogP contribution < -0.4 is 0 Å². The van der Waals surface area contributed by atoms with Crippen LogP contribution in [-0.4, -0.2) is 20.6 Å². The van der Waals surface area contributed by atoms with Gasteiger partial charge in [-0.3, -0.25) is 4.98 Å². The number of hydrogen-bond donors (Lipinski definition) is 1. The van der Waals surface area contributed by atoms with Gasteiger partial charge in [0, 0.05) is 32.1 Å². The maximum atomic E-state index is 11.4. The first kappa shape index (κ1) is 22.4. The first-order valence-electron chi connectivity index (χ1n) is 10.5.